The molecule has 1 aliphatic carbocycles. The van der Waals surface area contributed by atoms with Gasteiger partial charge in [-0.2, -0.15) is 0 Å². The molecule has 0 radical (unpaired) electrons. The standard InChI is InChI=1S/C10H18O3/c1-7(6-13-2)9-5-8(11)3-4-10(9)12/h6,8-12H,3-5H2,1-2H3/b7-6-. The Balaban J connectivity index is 2.60. The summed E-state index contributed by atoms with van der Waals surface area (Å²) in [4.78, 5) is 0. The zero-order chi connectivity index (χ0) is 9.84. The highest BCUT2D eigenvalue weighted by Gasteiger charge is 2.29. The Morgan fingerprint density at radius 2 is 2.08 bits per heavy atom. The lowest BCUT2D eigenvalue weighted by molar-refractivity contribution is 0.0196. The smallest absolute Gasteiger partial charge is 0.0817 e. The molecule has 3 atom stereocenters. The summed E-state index contributed by atoms with van der Waals surface area (Å²) < 4.78 is 4.89. The van der Waals surface area contributed by atoms with Gasteiger partial charge in [0.15, 0.2) is 0 Å². The van der Waals surface area contributed by atoms with Crippen molar-refractivity contribution in [3.8, 4) is 0 Å². The van der Waals surface area contributed by atoms with Gasteiger partial charge in [-0.15, -0.1) is 0 Å². The van der Waals surface area contributed by atoms with Gasteiger partial charge in [-0.25, -0.2) is 0 Å². The molecule has 3 nitrogen and oxygen atoms in total. The Kier molecular flexibility index (Phi) is 3.75. The van der Waals surface area contributed by atoms with Crippen molar-refractivity contribution in [3.05, 3.63) is 11.8 Å². The molecule has 0 saturated heterocycles. The van der Waals surface area contributed by atoms with Crippen molar-refractivity contribution in [2.45, 2.75) is 38.4 Å². The monoisotopic (exact) mass is 186 g/mol. The first kappa shape index (κ1) is 10.5. The number of aliphatic hydroxyl groups excluding tert-OH is 2. The van der Waals surface area contributed by atoms with Crippen LogP contribution < -0.4 is 0 Å². The van der Waals surface area contributed by atoms with E-state index in [9.17, 15) is 10.2 Å². The van der Waals surface area contributed by atoms with Gasteiger partial charge in [-0.3, -0.25) is 0 Å². The van der Waals surface area contributed by atoms with Crippen LogP contribution in [0, 0.1) is 5.92 Å². The van der Waals surface area contributed by atoms with Crippen molar-refractivity contribution in [2.24, 2.45) is 5.92 Å². The summed E-state index contributed by atoms with van der Waals surface area (Å²) in [5.74, 6) is 0.0590. The SMILES string of the molecule is CO/C=C(/C)C1CC(O)CCC1O. The number of rotatable bonds is 2. The minimum atomic E-state index is -0.324. The summed E-state index contributed by atoms with van der Waals surface area (Å²) in [6, 6.07) is 0. The molecule has 76 valence electrons. The molecule has 1 aliphatic rings. The van der Waals surface area contributed by atoms with Gasteiger partial charge in [0.25, 0.3) is 0 Å². The van der Waals surface area contributed by atoms with Crippen LogP contribution in [0.5, 0.6) is 0 Å². The minimum absolute atomic E-state index is 0.0590. The fourth-order valence-electron chi connectivity index (χ4n) is 1.90. The second-order valence-corrected chi connectivity index (χ2v) is 3.74. The number of hydrogen-bond acceptors (Lipinski definition) is 3. The highest BCUT2D eigenvalue weighted by Crippen LogP contribution is 2.30. The summed E-state index contributed by atoms with van der Waals surface area (Å²) in [6.45, 7) is 1.93. The number of methoxy groups -OCH3 is 1. The molecule has 0 spiro atoms. The molecule has 0 aromatic heterocycles. The van der Waals surface area contributed by atoms with Gasteiger partial charge >= 0.3 is 0 Å². The number of aliphatic hydroxyl groups is 2. The van der Waals surface area contributed by atoms with Crippen LogP contribution in [0.15, 0.2) is 11.8 Å². The normalized spacial score (nSPS) is 36.0. The quantitative estimate of drug-likeness (QED) is 0.634. The van der Waals surface area contributed by atoms with Crippen LogP contribution >= 0.6 is 0 Å². The largest absolute Gasteiger partial charge is 0.504 e. The van der Waals surface area contributed by atoms with Crippen LogP contribution in [0.4, 0.5) is 0 Å². The zero-order valence-corrected chi connectivity index (χ0v) is 8.23. The van der Waals surface area contributed by atoms with E-state index in [0.29, 0.717) is 19.3 Å². The molecule has 0 bridgehead atoms. The van der Waals surface area contributed by atoms with E-state index >= 15 is 0 Å². The van der Waals surface area contributed by atoms with Gasteiger partial charge in [0.05, 0.1) is 25.6 Å². The second kappa shape index (κ2) is 4.63. The summed E-state index contributed by atoms with van der Waals surface area (Å²) in [5, 5.41) is 19.1. The molecule has 3 heteroatoms. The molecule has 13 heavy (non-hydrogen) atoms. The van der Waals surface area contributed by atoms with E-state index in [0.717, 1.165) is 5.57 Å². The molecule has 1 fully saturated rings. The summed E-state index contributed by atoms with van der Waals surface area (Å²) in [7, 11) is 1.59. The Morgan fingerprint density at radius 3 is 2.69 bits per heavy atom. The fraction of sp³-hybridized carbons (Fsp3) is 0.800. The van der Waals surface area contributed by atoms with Crippen LogP contribution in [-0.4, -0.2) is 29.5 Å². The van der Waals surface area contributed by atoms with Crippen molar-refractivity contribution in [1.82, 2.24) is 0 Å². The van der Waals surface area contributed by atoms with E-state index in [1.807, 2.05) is 6.92 Å². The fourth-order valence-corrected chi connectivity index (χ4v) is 1.90. The van der Waals surface area contributed by atoms with Crippen LogP contribution in [0.1, 0.15) is 26.2 Å². The zero-order valence-electron chi connectivity index (χ0n) is 8.23. The average molecular weight is 186 g/mol. The summed E-state index contributed by atoms with van der Waals surface area (Å²) in [6.07, 6.45) is 3.08. The lowest BCUT2D eigenvalue weighted by Gasteiger charge is -2.31. The van der Waals surface area contributed by atoms with Crippen molar-refractivity contribution < 1.29 is 14.9 Å². The van der Waals surface area contributed by atoms with Crippen molar-refractivity contribution >= 4 is 0 Å². The van der Waals surface area contributed by atoms with Crippen molar-refractivity contribution in [3.63, 3.8) is 0 Å². The predicted octanol–water partition coefficient (Wildman–Crippen LogP) is 1.06. The van der Waals surface area contributed by atoms with Gasteiger partial charge in [0.1, 0.15) is 0 Å². The summed E-state index contributed by atoms with van der Waals surface area (Å²) in [5.41, 5.74) is 1.01. The van der Waals surface area contributed by atoms with E-state index in [4.69, 9.17) is 4.74 Å². The highest BCUT2D eigenvalue weighted by molar-refractivity contribution is 5.04. The van der Waals surface area contributed by atoms with Gasteiger partial charge < -0.3 is 14.9 Å². The molecule has 0 aliphatic heterocycles. The second-order valence-electron chi connectivity index (χ2n) is 3.74. The van der Waals surface area contributed by atoms with Crippen LogP contribution in [-0.2, 0) is 4.74 Å². The van der Waals surface area contributed by atoms with Crippen LogP contribution in [0.3, 0.4) is 0 Å². The lowest BCUT2D eigenvalue weighted by Crippen LogP contribution is -2.32. The van der Waals surface area contributed by atoms with Crippen LogP contribution in [0.2, 0.25) is 0 Å². The molecule has 1 saturated carbocycles. The summed E-state index contributed by atoms with van der Waals surface area (Å²) >= 11 is 0. The third-order valence-electron chi connectivity index (χ3n) is 2.67. The molecule has 0 aromatic carbocycles. The Bertz CT molecular complexity index is 189. The molecule has 1 rings (SSSR count). The molecular formula is C10H18O3. The number of hydrogen-bond donors (Lipinski definition) is 2. The van der Waals surface area contributed by atoms with Crippen LogP contribution in [0.25, 0.3) is 0 Å². The number of ether oxygens (including phenoxy) is 1. The Labute approximate surface area is 79.0 Å². The Hall–Kier alpha value is -0.540. The van der Waals surface area contributed by atoms with Gasteiger partial charge in [-0.05, 0) is 31.8 Å². The highest BCUT2D eigenvalue weighted by atomic mass is 16.5. The van der Waals surface area contributed by atoms with Gasteiger partial charge in [0, 0.05) is 5.92 Å². The van der Waals surface area contributed by atoms with E-state index in [2.05, 4.69) is 0 Å². The van der Waals surface area contributed by atoms with Crippen molar-refractivity contribution in [1.29, 1.82) is 0 Å². The van der Waals surface area contributed by atoms with E-state index in [-0.39, 0.29) is 18.1 Å². The molecule has 0 aromatic rings. The lowest BCUT2D eigenvalue weighted by atomic mass is 9.81. The first-order chi connectivity index (χ1) is 6.15. The maximum Gasteiger partial charge on any atom is 0.0817 e. The third-order valence-corrected chi connectivity index (χ3v) is 2.67. The molecule has 0 amide bonds. The molecular weight excluding hydrogens is 168 g/mol. The Morgan fingerprint density at radius 1 is 1.38 bits per heavy atom. The van der Waals surface area contributed by atoms with E-state index in [1.54, 1.807) is 13.4 Å². The minimum Gasteiger partial charge on any atom is -0.504 e. The molecule has 3 unspecified atom stereocenters. The van der Waals surface area contributed by atoms with Crippen molar-refractivity contribution in [2.75, 3.05) is 7.11 Å². The maximum absolute atomic E-state index is 9.68. The topological polar surface area (TPSA) is 49.7 Å². The first-order valence-corrected chi connectivity index (χ1v) is 4.70. The average Bonchev–Trinajstić information content (AvgIpc) is 2.09. The van der Waals surface area contributed by atoms with Gasteiger partial charge in [-0.1, -0.05) is 0 Å². The maximum atomic E-state index is 9.68. The van der Waals surface area contributed by atoms with Gasteiger partial charge in [0.2, 0.25) is 0 Å². The first-order valence-electron chi connectivity index (χ1n) is 4.70. The third kappa shape index (κ3) is 2.71. The van der Waals surface area contributed by atoms with E-state index in [1.165, 1.54) is 0 Å². The molecule has 0 heterocycles. The van der Waals surface area contributed by atoms with E-state index < -0.39 is 0 Å². The molecule has 2 N–H and O–H groups in total. The predicted molar refractivity (Wildman–Crippen MR) is 50.1 cm³/mol.